The largest absolute Gasteiger partial charge is 0.495 e. The van der Waals surface area contributed by atoms with Crippen LogP contribution in [0.1, 0.15) is 12.1 Å². The summed E-state index contributed by atoms with van der Waals surface area (Å²) in [5, 5.41) is 0. The first-order valence-corrected chi connectivity index (χ1v) is 9.95. The highest BCUT2D eigenvalue weighted by molar-refractivity contribution is 5.59. The van der Waals surface area contributed by atoms with Crippen molar-refractivity contribution >= 4 is 5.69 Å². The molecule has 4 heteroatoms. The van der Waals surface area contributed by atoms with Gasteiger partial charge in [0.2, 0.25) is 0 Å². The van der Waals surface area contributed by atoms with E-state index in [-0.39, 0.29) is 0 Å². The van der Waals surface area contributed by atoms with Crippen LogP contribution in [0.4, 0.5) is 5.69 Å². The van der Waals surface area contributed by atoms with E-state index >= 15 is 0 Å². The van der Waals surface area contributed by atoms with Gasteiger partial charge in [-0.3, -0.25) is 9.88 Å². The summed E-state index contributed by atoms with van der Waals surface area (Å²) in [7, 11) is 1.74. The molecule has 1 aromatic heterocycles. The fourth-order valence-electron chi connectivity index (χ4n) is 3.83. The van der Waals surface area contributed by atoms with Crippen molar-refractivity contribution in [1.29, 1.82) is 0 Å². The Balaban J connectivity index is 1.43. The Bertz CT molecular complexity index is 897. The summed E-state index contributed by atoms with van der Waals surface area (Å²) in [5.74, 6) is 0.952. The predicted octanol–water partition coefficient (Wildman–Crippen LogP) is 4.47. The number of para-hydroxylation sites is 2. The summed E-state index contributed by atoms with van der Waals surface area (Å²) in [6.45, 7) is 5.05. The number of hydrogen-bond acceptors (Lipinski definition) is 4. The topological polar surface area (TPSA) is 28.6 Å². The third-order valence-corrected chi connectivity index (χ3v) is 5.28. The molecule has 144 valence electrons. The Kier molecular flexibility index (Phi) is 5.88. The van der Waals surface area contributed by atoms with Crippen LogP contribution in [0.2, 0.25) is 0 Å². The number of anilines is 1. The normalized spacial score (nSPS) is 15.2. The maximum atomic E-state index is 5.55. The smallest absolute Gasteiger partial charge is 0.142 e. The van der Waals surface area contributed by atoms with Crippen molar-refractivity contribution in [2.45, 2.75) is 13.0 Å². The number of ether oxygens (including phenoxy) is 1. The summed E-state index contributed by atoms with van der Waals surface area (Å²) in [5.41, 5.74) is 4.54. The van der Waals surface area contributed by atoms with E-state index in [1.165, 1.54) is 11.3 Å². The first-order chi connectivity index (χ1) is 13.8. The maximum Gasteiger partial charge on any atom is 0.142 e. The number of pyridine rings is 1. The number of benzene rings is 2. The lowest BCUT2D eigenvalue weighted by atomic mass is 10.1. The molecule has 28 heavy (non-hydrogen) atoms. The van der Waals surface area contributed by atoms with Gasteiger partial charge in [0.15, 0.2) is 0 Å². The highest BCUT2D eigenvalue weighted by Gasteiger charge is 2.18. The van der Waals surface area contributed by atoms with Crippen LogP contribution in [-0.2, 0) is 6.54 Å². The van der Waals surface area contributed by atoms with Gasteiger partial charge in [0.05, 0.1) is 24.2 Å². The van der Waals surface area contributed by atoms with Gasteiger partial charge in [-0.1, -0.05) is 48.5 Å². The van der Waals surface area contributed by atoms with Crippen molar-refractivity contribution in [3.05, 3.63) is 78.5 Å². The molecule has 1 fully saturated rings. The standard InChI is InChI=1S/C24H27N3O/c1-28-24-14-6-5-13-23(24)27-16-8-15-26(17-18-27)19-21-11-7-12-22(25-21)20-9-3-2-4-10-20/h2-7,9-14H,8,15-19H2,1H3. The Morgan fingerprint density at radius 3 is 2.50 bits per heavy atom. The quantitative estimate of drug-likeness (QED) is 0.660. The molecule has 0 aliphatic carbocycles. The lowest BCUT2D eigenvalue weighted by molar-refractivity contribution is 0.282. The summed E-state index contributed by atoms with van der Waals surface area (Å²) in [6, 6.07) is 25.0. The van der Waals surface area contributed by atoms with Crippen LogP contribution in [0.5, 0.6) is 5.75 Å². The lowest BCUT2D eigenvalue weighted by Gasteiger charge is -2.25. The second-order valence-electron chi connectivity index (χ2n) is 7.17. The Hall–Kier alpha value is -2.85. The first-order valence-electron chi connectivity index (χ1n) is 9.95. The molecule has 1 aliphatic heterocycles. The van der Waals surface area contributed by atoms with Gasteiger partial charge in [0.1, 0.15) is 5.75 Å². The predicted molar refractivity (Wildman–Crippen MR) is 115 cm³/mol. The molecule has 0 unspecified atom stereocenters. The van der Waals surface area contributed by atoms with Gasteiger partial charge in [-0.25, -0.2) is 0 Å². The molecule has 0 bridgehead atoms. The van der Waals surface area contributed by atoms with Crippen molar-refractivity contribution in [2.24, 2.45) is 0 Å². The Labute approximate surface area is 167 Å². The van der Waals surface area contributed by atoms with Crippen molar-refractivity contribution in [2.75, 3.05) is 38.2 Å². The van der Waals surface area contributed by atoms with E-state index in [0.717, 1.165) is 56.3 Å². The minimum Gasteiger partial charge on any atom is -0.495 e. The van der Waals surface area contributed by atoms with Crippen molar-refractivity contribution in [3.8, 4) is 17.0 Å². The molecule has 0 atom stereocenters. The van der Waals surface area contributed by atoms with E-state index in [4.69, 9.17) is 9.72 Å². The fourth-order valence-corrected chi connectivity index (χ4v) is 3.83. The molecule has 1 saturated heterocycles. The Morgan fingerprint density at radius 2 is 1.64 bits per heavy atom. The molecule has 0 radical (unpaired) electrons. The van der Waals surface area contributed by atoms with Crippen molar-refractivity contribution in [3.63, 3.8) is 0 Å². The second kappa shape index (κ2) is 8.89. The molecule has 4 rings (SSSR count). The zero-order chi connectivity index (χ0) is 19.2. The molecular formula is C24H27N3O. The third-order valence-electron chi connectivity index (χ3n) is 5.28. The van der Waals surface area contributed by atoms with Crippen molar-refractivity contribution in [1.82, 2.24) is 9.88 Å². The van der Waals surface area contributed by atoms with E-state index in [9.17, 15) is 0 Å². The molecule has 0 N–H and O–H groups in total. The molecule has 2 heterocycles. The molecule has 1 aliphatic rings. The average Bonchev–Trinajstić information content (AvgIpc) is 3.00. The van der Waals surface area contributed by atoms with Gasteiger partial charge in [-0.15, -0.1) is 0 Å². The lowest BCUT2D eigenvalue weighted by Crippen LogP contribution is -2.30. The zero-order valence-corrected chi connectivity index (χ0v) is 16.4. The van der Waals surface area contributed by atoms with Crippen LogP contribution in [0.25, 0.3) is 11.3 Å². The van der Waals surface area contributed by atoms with Gasteiger partial charge in [0.25, 0.3) is 0 Å². The number of aromatic nitrogens is 1. The number of nitrogens with zero attached hydrogens (tertiary/aromatic N) is 3. The zero-order valence-electron chi connectivity index (χ0n) is 16.4. The molecule has 4 nitrogen and oxygen atoms in total. The summed E-state index contributed by atoms with van der Waals surface area (Å²) < 4.78 is 5.55. The highest BCUT2D eigenvalue weighted by Crippen LogP contribution is 2.28. The number of rotatable bonds is 5. The monoisotopic (exact) mass is 373 g/mol. The average molecular weight is 374 g/mol. The molecule has 2 aromatic carbocycles. The van der Waals surface area contributed by atoms with Crippen LogP contribution in [-0.4, -0.2) is 43.2 Å². The van der Waals surface area contributed by atoms with E-state index in [1.807, 2.05) is 18.2 Å². The molecule has 3 aromatic rings. The number of hydrogen-bond donors (Lipinski definition) is 0. The summed E-state index contributed by atoms with van der Waals surface area (Å²) >= 11 is 0. The second-order valence-corrected chi connectivity index (χ2v) is 7.17. The van der Waals surface area contributed by atoms with Crippen LogP contribution >= 0.6 is 0 Å². The third kappa shape index (κ3) is 4.34. The highest BCUT2D eigenvalue weighted by atomic mass is 16.5. The Morgan fingerprint density at radius 1 is 0.821 bits per heavy atom. The van der Waals surface area contributed by atoms with E-state index in [2.05, 4.69) is 64.4 Å². The SMILES string of the molecule is COc1ccccc1N1CCCN(Cc2cccc(-c3ccccc3)n2)CC1. The van der Waals surface area contributed by atoms with Gasteiger partial charge in [-0.2, -0.15) is 0 Å². The molecule has 0 amide bonds. The maximum absolute atomic E-state index is 5.55. The van der Waals surface area contributed by atoms with Gasteiger partial charge in [-0.05, 0) is 30.7 Å². The van der Waals surface area contributed by atoms with Crippen molar-refractivity contribution < 1.29 is 4.74 Å². The van der Waals surface area contributed by atoms with Crippen LogP contribution in [0.15, 0.2) is 72.8 Å². The summed E-state index contributed by atoms with van der Waals surface area (Å²) in [6.07, 6.45) is 1.14. The number of methoxy groups -OCH3 is 1. The van der Waals surface area contributed by atoms with E-state index < -0.39 is 0 Å². The van der Waals surface area contributed by atoms with E-state index in [0.29, 0.717) is 0 Å². The van der Waals surface area contributed by atoms with Crippen LogP contribution in [0, 0.1) is 0 Å². The summed E-state index contributed by atoms with van der Waals surface area (Å²) in [4.78, 5) is 9.84. The minimum atomic E-state index is 0.889. The van der Waals surface area contributed by atoms with Gasteiger partial charge < -0.3 is 9.64 Å². The van der Waals surface area contributed by atoms with E-state index in [1.54, 1.807) is 7.11 Å². The van der Waals surface area contributed by atoms with Crippen LogP contribution < -0.4 is 9.64 Å². The first kappa shape index (κ1) is 18.5. The fraction of sp³-hybridized carbons (Fsp3) is 0.292. The molecular weight excluding hydrogens is 346 g/mol. The molecule has 0 spiro atoms. The van der Waals surface area contributed by atoms with Gasteiger partial charge in [0, 0.05) is 38.3 Å². The van der Waals surface area contributed by atoms with Gasteiger partial charge >= 0.3 is 0 Å². The molecule has 0 saturated carbocycles. The van der Waals surface area contributed by atoms with Crippen LogP contribution in [0.3, 0.4) is 0 Å². The minimum absolute atomic E-state index is 0.889.